The molecule has 0 aliphatic heterocycles. The van der Waals surface area contributed by atoms with Crippen molar-refractivity contribution in [2.75, 3.05) is 20.3 Å². The number of carboxylic acids is 1. The third kappa shape index (κ3) is 5.34. The van der Waals surface area contributed by atoms with Crippen LogP contribution in [0.4, 0.5) is 4.79 Å². The molecule has 0 saturated heterocycles. The minimum absolute atomic E-state index is 0.0968. The standard InChI is InChI=1S/C25H30N2O6/c1-15(32-4)21(22(28)26-14-25(2,3)23(29)30)27-24(31)33-13-20-18-11-7-5-9-16(18)17-10-6-8-12-19(17)20/h5-12,15,20-21H,13-14H2,1-4H3,(H,26,28)(H,27,31)(H,29,30)/t15-,21+/m1/s1. The van der Waals surface area contributed by atoms with Gasteiger partial charge in [-0.3, -0.25) is 9.59 Å². The zero-order valence-corrected chi connectivity index (χ0v) is 19.3. The predicted octanol–water partition coefficient (Wildman–Crippen LogP) is 3.16. The Bertz CT molecular complexity index is 990. The van der Waals surface area contributed by atoms with Crippen molar-refractivity contribution >= 4 is 18.0 Å². The highest BCUT2D eigenvalue weighted by molar-refractivity contribution is 5.87. The second kappa shape index (κ2) is 10.0. The van der Waals surface area contributed by atoms with Crippen molar-refractivity contribution in [2.45, 2.75) is 38.8 Å². The van der Waals surface area contributed by atoms with E-state index in [4.69, 9.17) is 9.47 Å². The van der Waals surface area contributed by atoms with E-state index in [1.165, 1.54) is 21.0 Å². The average Bonchev–Trinajstić information content (AvgIpc) is 3.13. The van der Waals surface area contributed by atoms with Crippen LogP contribution in [0.1, 0.15) is 37.8 Å². The first-order chi connectivity index (χ1) is 15.7. The number of carbonyl (C=O) groups is 3. The van der Waals surface area contributed by atoms with Crippen LogP contribution in [0.2, 0.25) is 0 Å². The van der Waals surface area contributed by atoms with Gasteiger partial charge in [0, 0.05) is 19.6 Å². The second-order valence-corrected chi connectivity index (χ2v) is 8.80. The molecule has 3 rings (SSSR count). The average molecular weight is 455 g/mol. The molecule has 0 fully saturated rings. The summed E-state index contributed by atoms with van der Waals surface area (Å²) in [6, 6.07) is 15.0. The summed E-state index contributed by atoms with van der Waals surface area (Å²) < 4.78 is 10.8. The molecule has 0 radical (unpaired) electrons. The number of rotatable bonds is 9. The van der Waals surface area contributed by atoms with Crippen molar-refractivity contribution in [3.63, 3.8) is 0 Å². The number of benzene rings is 2. The van der Waals surface area contributed by atoms with Crippen LogP contribution in [0.15, 0.2) is 48.5 Å². The minimum atomic E-state index is -1.15. The first kappa shape index (κ1) is 24.3. The van der Waals surface area contributed by atoms with E-state index < -0.39 is 35.5 Å². The summed E-state index contributed by atoms with van der Waals surface area (Å²) in [5, 5.41) is 14.4. The van der Waals surface area contributed by atoms with E-state index in [9.17, 15) is 19.5 Å². The molecule has 2 aromatic rings. The minimum Gasteiger partial charge on any atom is -0.481 e. The van der Waals surface area contributed by atoms with Crippen LogP contribution in [0.25, 0.3) is 11.1 Å². The molecule has 0 bridgehead atoms. The lowest BCUT2D eigenvalue weighted by Gasteiger charge is -2.26. The molecule has 2 atom stereocenters. The molecule has 33 heavy (non-hydrogen) atoms. The quantitative estimate of drug-likeness (QED) is 0.536. The van der Waals surface area contributed by atoms with E-state index in [0.717, 1.165) is 22.3 Å². The molecule has 8 nitrogen and oxygen atoms in total. The van der Waals surface area contributed by atoms with Crippen LogP contribution in [0.3, 0.4) is 0 Å². The van der Waals surface area contributed by atoms with Gasteiger partial charge in [-0.15, -0.1) is 0 Å². The number of aliphatic carboxylic acids is 1. The summed E-state index contributed by atoms with van der Waals surface area (Å²) in [7, 11) is 1.42. The molecule has 0 aromatic heterocycles. The number of hydrogen-bond donors (Lipinski definition) is 3. The fraction of sp³-hybridized carbons (Fsp3) is 0.400. The van der Waals surface area contributed by atoms with Gasteiger partial charge in [-0.05, 0) is 43.0 Å². The maximum Gasteiger partial charge on any atom is 0.407 e. The van der Waals surface area contributed by atoms with Crippen molar-refractivity contribution in [1.29, 1.82) is 0 Å². The second-order valence-electron chi connectivity index (χ2n) is 8.80. The predicted molar refractivity (Wildman–Crippen MR) is 123 cm³/mol. The van der Waals surface area contributed by atoms with Gasteiger partial charge in [-0.2, -0.15) is 0 Å². The van der Waals surface area contributed by atoms with Crippen LogP contribution in [-0.4, -0.2) is 55.5 Å². The summed E-state index contributed by atoms with van der Waals surface area (Å²) in [5.74, 6) is -1.69. The zero-order chi connectivity index (χ0) is 24.2. The monoisotopic (exact) mass is 454 g/mol. The van der Waals surface area contributed by atoms with Gasteiger partial charge in [0.1, 0.15) is 12.6 Å². The van der Waals surface area contributed by atoms with Crippen molar-refractivity contribution < 1.29 is 29.0 Å². The van der Waals surface area contributed by atoms with Crippen LogP contribution < -0.4 is 10.6 Å². The SMILES string of the molecule is CO[C@H](C)[C@H](NC(=O)OCC1c2ccccc2-c2ccccc21)C(=O)NCC(C)(C)C(=O)O. The number of nitrogens with one attached hydrogen (secondary N) is 2. The van der Waals surface area contributed by atoms with Gasteiger partial charge in [0.2, 0.25) is 5.91 Å². The number of hydrogen-bond acceptors (Lipinski definition) is 5. The number of carbonyl (C=O) groups excluding carboxylic acids is 2. The molecule has 3 N–H and O–H groups in total. The van der Waals surface area contributed by atoms with E-state index >= 15 is 0 Å². The summed E-state index contributed by atoms with van der Waals surface area (Å²) in [6.45, 7) is 4.66. The first-order valence-corrected chi connectivity index (χ1v) is 10.8. The van der Waals surface area contributed by atoms with E-state index in [1.54, 1.807) is 6.92 Å². The maximum atomic E-state index is 12.7. The molecule has 0 unspecified atom stereocenters. The molecule has 0 saturated carbocycles. The molecule has 2 amide bonds. The molecule has 0 spiro atoms. The van der Waals surface area contributed by atoms with E-state index in [0.29, 0.717) is 0 Å². The summed E-state index contributed by atoms with van der Waals surface area (Å²) >= 11 is 0. The number of amides is 2. The third-order valence-electron chi connectivity index (χ3n) is 6.02. The van der Waals surface area contributed by atoms with Gasteiger partial charge in [0.25, 0.3) is 0 Å². The van der Waals surface area contributed by atoms with Gasteiger partial charge in [0.05, 0.1) is 11.5 Å². The van der Waals surface area contributed by atoms with Crippen molar-refractivity contribution in [3.8, 4) is 11.1 Å². The largest absolute Gasteiger partial charge is 0.481 e. The van der Waals surface area contributed by atoms with Crippen LogP contribution >= 0.6 is 0 Å². The maximum absolute atomic E-state index is 12.7. The molecule has 1 aliphatic rings. The number of ether oxygens (including phenoxy) is 2. The van der Waals surface area contributed by atoms with Crippen LogP contribution in [-0.2, 0) is 19.1 Å². The van der Waals surface area contributed by atoms with E-state index in [2.05, 4.69) is 10.6 Å². The zero-order valence-electron chi connectivity index (χ0n) is 19.3. The van der Waals surface area contributed by atoms with Gasteiger partial charge >= 0.3 is 12.1 Å². The molecule has 2 aromatic carbocycles. The number of methoxy groups -OCH3 is 1. The number of alkyl carbamates (subject to hydrolysis) is 1. The van der Waals surface area contributed by atoms with Crippen molar-refractivity contribution in [2.24, 2.45) is 5.41 Å². The summed E-state index contributed by atoms with van der Waals surface area (Å²) in [4.78, 5) is 36.6. The van der Waals surface area contributed by atoms with E-state index in [1.807, 2.05) is 48.5 Å². The number of carboxylic acid groups (broad SMARTS) is 1. The Balaban J connectivity index is 1.65. The lowest BCUT2D eigenvalue weighted by Crippen LogP contribution is -2.54. The summed E-state index contributed by atoms with van der Waals surface area (Å²) in [6.07, 6.45) is -1.41. The lowest BCUT2D eigenvalue weighted by molar-refractivity contribution is -0.146. The van der Waals surface area contributed by atoms with Gasteiger partial charge in [-0.25, -0.2) is 4.79 Å². The molecule has 1 aliphatic carbocycles. The topological polar surface area (TPSA) is 114 Å². The Hall–Kier alpha value is -3.39. The molecule has 176 valence electrons. The smallest absolute Gasteiger partial charge is 0.407 e. The number of fused-ring (bicyclic) bond motifs is 3. The van der Waals surface area contributed by atoms with Gasteiger partial charge in [0.15, 0.2) is 0 Å². The summed E-state index contributed by atoms with van der Waals surface area (Å²) in [5.41, 5.74) is 3.26. The first-order valence-electron chi connectivity index (χ1n) is 10.8. The Morgan fingerprint density at radius 2 is 1.58 bits per heavy atom. The highest BCUT2D eigenvalue weighted by atomic mass is 16.5. The van der Waals surface area contributed by atoms with Crippen LogP contribution in [0, 0.1) is 5.41 Å². The third-order valence-corrected chi connectivity index (χ3v) is 6.02. The highest BCUT2D eigenvalue weighted by Crippen LogP contribution is 2.44. The molecule has 8 heteroatoms. The Labute approximate surface area is 193 Å². The highest BCUT2D eigenvalue weighted by Gasteiger charge is 2.33. The fourth-order valence-electron chi connectivity index (χ4n) is 3.79. The Morgan fingerprint density at radius 1 is 1.03 bits per heavy atom. The van der Waals surface area contributed by atoms with Gasteiger partial charge in [-0.1, -0.05) is 48.5 Å². The molecular weight excluding hydrogens is 424 g/mol. The lowest BCUT2D eigenvalue weighted by atomic mass is 9.93. The molecule has 0 heterocycles. The van der Waals surface area contributed by atoms with Crippen molar-refractivity contribution in [1.82, 2.24) is 10.6 Å². The fourth-order valence-corrected chi connectivity index (χ4v) is 3.79. The Kier molecular flexibility index (Phi) is 7.38. The van der Waals surface area contributed by atoms with Crippen molar-refractivity contribution in [3.05, 3.63) is 59.7 Å². The normalized spacial score (nSPS) is 14.5. The Morgan fingerprint density at radius 3 is 2.09 bits per heavy atom. The molecular formula is C25H30N2O6. The van der Waals surface area contributed by atoms with Crippen LogP contribution in [0.5, 0.6) is 0 Å². The van der Waals surface area contributed by atoms with E-state index in [-0.39, 0.29) is 19.1 Å². The van der Waals surface area contributed by atoms with Gasteiger partial charge < -0.3 is 25.2 Å².